The van der Waals surface area contributed by atoms with Crippen molar-refractivity contribution in [1.29, 1.82) is 0 Å². The Balaban J connectivity index is 1.84. The van der Waals surface area contributed by atoms with E-state index in [0.29, 0.717) is 18.9 Å². The van der Waals surface area contributed by atoms with Crippen LogP contribution in [0.15, 0.2) is 24.3 Å². The van der Waals surface area contributed by atoms with Gasteiger partial charge in [0.1, 0.15) is 24.2 Å². The third kappa shape index (κ3) is 6.52. The molecular weight excluding hydrogens is 347 g/mol. The van der Waals surface area contributed by atoms with Gasteiger partial charge in [0.05, 0.1) is 6.54 Å². The summed E-state index contributed by atoms with van der Waals surface area (Å²) in [7, 11) is 1.71. The van der Waals surface area contributed by atoms with Crippen molar-refractivity contribution in [3.63, 3.8) is 0 Å². The molecule has 1 unspecified atom stereocenters. The minimum atomic E-state index is -0.532. The van der Waals surface area contributed by atoms with Crippen LogP contribution in [0.5, 0.6) is 5.75 Å². The minimum Gasteiger partial charge on any atom is -0.492 e. The fourth-order valence-corrected chi connectivity index (χ4v) is 3.33. The molecule has 27 heavy (non-hydrogen) atoms. The van der Waals surface area contributed by atoms with Crippen LogP contribution in [0.2, 0.25) is 0 Å². The highest BCUT2D eigenvalue weighted by molar-refractivity contribution is 5.88. The van der Waals surface area contributed by atoms with E-state index in [1.165, 1.54) is 18.6 Å². The molecule has 1 aliphatic carbocycles. The van der Waals surface area contributed by atoms with E-state index >= 15 is 0 Å². The first-order valence-electron chi connectivity index (χ1n) is 9.82. The van der Waals surface area contributed by atoms with Gasteiger partial charge in [-0.25, -0.2) is 4.39 Å². The molecule has 0 saturated heterocycles. The number of ether oxygens (including phenoxy) is 1. The van der Waals surface area contributed by atoms with Crippen LogP contribution in [0.1, 0.15) is 46.0 Å². The van der Waals surface area contributed by atoms with Crippen LogP contribution in [-0.2, 0) is 9.59 Å². The zero-order valence-corrected chi connectivity index (χ0v) is 16.5. The van der Waals surface area contributed by atoms with Crippen molar-refractivity contribution >= 4 is 11.8 Å². The van der Waals surface area contributed by atoms with Gasteiger partial charge >= 0.3 is 0 Å². The van der Waals surface area contributed by atoms with Crippen molar-refractivity contribution in [1.82, 2.24) is 10.2 Å². The fraction of sp³-hybridized carbons (Fsp3) is 0.619. The molecule has 0 aliphatic heterocycles. The molecule has 150 valence electrons. The number of hydrogen-bond donors (Lipinski definition) is 1. The number of likely N-dealkylation sites (N-methyl/N-ethyl adjacent to an activating group) is 1. The van der Waals surface area contributed by atoms with Gasteiger partial charge in [0, 0.05) is 13.0 Å². The van der Waals surface area contributed by atoms with Crippen molar-refractivity contribution in [3.05, 3.63) is 30.1 Å². The first-order chi connectivity index (χ1) is 12.9. The first-order valence-corrected chi connectivity index (χ1v) is 9.82. The predicted molar refractivity (Wildman–Crippen MR) is 103 cm³/mol. The highest BCUT2D eigenvalue weighted by atomic mass is 19.1. The van der Waals surface area contributed by atoms with E-state index in [2.05, 4.69) is 5.32 Å². The van der Waals surface area contributed by atoms with E-state index < -0.39 is 6.04 Å². The molecule has 1 atom stereocenters. The molecule has 6 heteroatoms. The molecular formula is C21H31FN2O3. The van der Waals surface area contributed by atoms with E-state index in [0.717, 1.165) is 25.7 Å². The average molecular weight is 378 g/mol. The molecule has 2 rings (SSSR count). The summed E-state index contributed by atoms with van der Waals surface area (Å²) >= 11 is 0. The lowest BCUT2D eigenvalue weighted by atomic mass is 9.88. The van der Waals surface area contributed by atoms with Gasteiger partial charge in [-0.15, -0.1) is 0 Å². The Morgan fingerprint density at radius 1 is 1.19 bits per heavy atom. The van der Waals surface area contributed by atoms with Crippen LogP contribution in [-0.4, -0.2) is 43.0 Å². The molecule has 5 nitrogen and oxygen atoms in total. The molecule has 1 fully saturated rings. The number of nitrogens with one attached hydrogen (secondary N) is 1. The summed E-state index contributed by atoms with van der Waals surface area (Å²) in [4.78, 5) is 26.9. The quantitative estimate of drug-likeness (QED) is 0.754. The number of amides is 2. The first kappa shape index (κ1) is 21.2. The topological polar surface area (TPSA) is 58.6 Å². The number of carbonyl (C=O) groups excluding carboxylic acids is 2. The number of halogens is 1. The molecule has 0 heterocycles. The van der Waals surface area contributed by atoms with Crippen LogP contribution in [0, 0.1) is 17.7 Å². The summed E-state index contributed by atoms with van der Waals surface area (Å²) in [5.74, 6) is 0.159. The van der Waals surface area contributed by atoms with Crippen molar-refractivity contribution in [2.24, 2.45) is 11.8 Å². The normalized spacial score (nSPS) is 16.0. The smallest absolute Gasteiger partial charge is 0.245 e. The standard InChI is InChI=1S/C21H31FN2O3/c1-15(2)19(23-20(25)16-7-5-4-6-8-16)21(26)24(3)13-14-27-18-11-9-17(22)10-12-18/h9-12,15-16,19H,4-8,13-14H2,1-3H3,(H,23,25). The Kier molecular flexibility index (Phi) is 8.07. The summed E-state index contributed by atoms with van der Waals surface area (Å²) in [6, 6.07) is 5.24. The van der Waals surface area contributed by atoms with E-state index in [1.54, 1.807) is 24.1 Å². The zero-order valence-electron chi connectivity index (χ0n) is 16.5. The molecule has 2 amide bonds. The second-order valence-corrected chi connectivity index (χ2v) is 7.63. The third-order valence-corrected chi connectivity index (χ3v) is 5.09. The minimum absolute atomic E-state index is 0.00212. The van der Waals surface area contributed by atoms with Gasteiger partial charge in [0.15, 0.2) is 0 Å². The van der Waals surface area contributed by atoms with Gasteiger partial charge in [-0.05, 0) is 43.0 Å². The maximum Gasteiger partial charge on any atom is 0.245 e. The highest BCUT2D eigenvalue weighted by Gasteiger charge is 2.30. The Bertz CT molecular complexity index is 612. The Morgan fingerprint density at radius 3 is 2.41 bits per heavy atom. The highest BCUT2D eigenvalue weighted by Crippen LogP contribution is 2.24. The number of benzene rings is 1. The third-order valence-electron chi connectivity index (χ3n) is 5.09. The van der Waals surface area contributed by atoms with Gasteiger partial charge in [0.25, 0.3) is 0 Å². The molecule has 1 aliphatic rings. The second kappa shape index (κ2) is 10.3. The predicted octanol–water partition coefficient (Wildman–Crippen LogP) is 3.38. The SMILES string of the molecule is CC(C)C(NC(=O)C1CCCCC1)C(=O)N(C)CCOc1ccc(F)cc1. The Morgan fingerprint density at radius 2 is 1.81 bits per heavy atom. The van der Waals surface area contributed by atoms with E-state index in [4.69, 9.17) is 4.74 Å². The number of nitrogens with zero attached hydrogens (tertiary/aromatic N) is 1. The molecule has 1 saturated carbocycles. The lowest BCUT2D eigenvalue weighted by molar-refractivity contribution is -0.138. The van der Waals surface area contributed by atoms with Crippen LogP contribution < -0.4 is 10.1 Å². The summed E-state index contributed by atoms with van der Waals surface area (Å²) in [6.07, 6.45) is 5.17. The average Bonchev–Trinajstić information content (AvgIpc) is 2.67. The summed E-state index contributed by atoms with van der Waals surface area (Å²) < 4.78 is 18.5. The maximum absolute atomic E-state index is 12.9. The lowest BCUT2D eigenvalue weighted by Gasteiger charge is -2.29. The lowest BCUT2D eigenvalue weighted by Crippen LogP contribution is -2.52. The van der Waals surface area contributed by atoms with Crippen LogP contribution in [0.3, 0.4) is 0 Å². The van der Waals surface area contributed by atoms with Crippen LogP contribution in [0.25, 0.3) is 0 Å². The molecule has 0 radical (unpaired) electrons. The molecule has 1 aromatic carbocycles. The van der Waals surface area contributed by atoms with Gasteiger partial charge in [-0.2, -0.15) is 0 Å². The van der Waals surface area contributed by atoms with Crippen LogP contribution >= 0.6 is 0 Å². The van der Waals surface area contributed by atoms with Crippen molar-refractivity contribution in [2.45, 2.75) is 52.0 Å². The maximum atomic E-state index is 12.9. The summed E-state index contributed by atoms with van der Waals surface area (Å²) in [5.41, 5.74) is 0. The van der Waals surface area contributed by atoms with E-state index in [9.17, 15) is 14.0 Å². The molecule has 0 aromatic heterocycles. The number of rotatable bonds is 8. The molecule has 1 N–H and O–H groups in total. The van der Waals surface area contributed by atoms with E-state index in [-0.39, 0.29) is 29.5 Å². The van der Waals surface area contributed by atoms with Gasteiger partial charge < -0.3 is 15.0 Å². The Labute approximate surface area is 161 Å². The van der Waals surface area contributed by atoms with Gasteiger partial charge in [-0.3, -0.25) is 9.59 Å². The molecule has 0 spiro atoms. The Hall–Kier alpha value is -2.11. The van der Waals surface area contributed by atoms with Gasteiger partial charge in [-0.1, -0.05) is 33.1 Å². The second-order valence-electron chi connectivity index (χ2n) is 7.63. The van der Waals surface area contributed by atoms with Crippen molar-refractivity contribution in [2.75, 3.05) is 20.2 Å². The van der Waals surface area contributed by atoms with Gasteiger partial charge in [0.2, 0.25) is 11.8 Å². The fourth-order valence-electron chi connectivity index (χ4n) is 3.33. The van der Waals surface area contributed by atoms with Crippen molar-refractivity contribution in [3.8, 4) is 5.75 Å². The number of carbonyl (C=O) groups is 2. The zero-order chi connectivity index (χ0) is 19.8. The molecule has 0 bridgehead atoms. The number of hydrogen-bond acceptors (Lipinski definition) is 3. The van der Waals surface area contributed by atoms with E-state index in [1.807, 2.05) is 13.8 Å². The van der Waals surface area contributed by atoms with Crippen LogP contribution in [0.4, 0.5) is 4.39 Å². The summed E-state index contributed by atoms with van der Waals surface area (Å²) in [5, 5.41) is 2.97. The largest absolute Gasteiger partial charge is 0.492 e. The summed E-state index contributed by atoms with van der Waals surface area (Å²) in [6.45, 7) is 4.56. The van der Waals surface area contributed by atoms with Crippen molar-refractivity contribution < 1.29 is 18.7 Å². The monoisotopic (exact) mass is 378 g/mol. The molecule has 1 aromatic rings.